The van der Waals surface area contributed by atoms with Gasteiger partial charge in [0.25, 0.3) is 0 Å². The molecule has 0 aromatic heterocycles. The Morgan fingerprint density at radius 1 is 1.04 bits per heavy atom. The molecule has 0 spiro atoms. The molecule has 0 aromatic rings. The van der Waals surface area contributed by atoms with Crippen LogP contribution in [0.25, 0.3) is 0 Å². The Morgan fingerprint density at radius 3 is 2.35 bits per heavy atom. The zero-order valence-electron chi connectivity index (χ0n) is 14.0. The van der Waals surface area contributed by atoms with Gasteiger partial charge in [0.1, 0.15) is 6.61 Å². The number of rotatable bonds is 11. The molecule has 0 aliphatic rings. The molecule has 7 heteroatoms. The lowest BCUT2D eigenvalue weighted by Crippen LogP contribution is -2.20. The molecule has 0 saturated carbocycles. The highest BCUT2D eigenvalue weighted by Crippen LogP contribution is 2.11. The Hall–Kier alpha value is -2.05. The van der Waals surface area contributed by atoms with E-state index in [-0.39, 0.29) is 24.6 Å². The molecule has 1 atom stereocenters. The van der Waals surface area contributed by atoms with Crippen LogP contribution in [0.5, 0.6) is 0 Å². The van der Waals surface area contributed by atoms with E-state index in [1.54, 1.807) is 20.8 Å². The summed E-state index contributed by atoms with van der Waals surface area (Å²) in [5.41, 5.74) is 0. The van der Waals surface area contributed by atoms with E-state index in [1.807, 2.05) is 0 Å². The van der Waals surface area contributed by atoms with Crippen LogP contribution in [-0.4, -0.2) is 37.6 Å². The average molecular weight is 330 g/mol. The van der Waals surface area contributed by atoms with Crippen molar-refractivity contribution >= 4 is 18.1 Å². The molecular formula is C16H26O7. The van der Waals surface area contributed by atoms with Crippen molar-refractivity contribution in [1.82, 2.24) is 0 Å². The van der Waals surface area contributed by atoms with Gasteiger partial charge in [0.05, 0.1) is 12.0 Å². The fraction of sp³-hybridized carbons (Fsp3) is 0.688. The number of ether oxygens (including phenoxy) is 4. The lowest BCUT2D eigenvalue weighted by Gasteiger charge is -2.12. The van der Waals surface area contributed by atoms with E-state index < -0.39 is 18.9 Å². The maximum Gasteiger partial charge on any atom is 0.511 e. The van der Waals surface area contributed by atoms with Crippen LogP contribution in [0.2, 0.25) is 0 Å². The predicted octanol–water partition coefficient (Wildman–Crippen LogP) is 2.97. The third-order valence-electron chi connectivity index (χ3n) is 2.74. The minimum atomic E-state index is -0.876. The van der Waals surface area contributed by atoms with Crippen LogP contribution in [0.15, 0.2) is 12.7 Å². The molecule has 23 heavy (non-hydrogen) atoms. The first kappa shape index (κ1) is 20.9. The van der Waals surface area contributed by atoms with Gasteiger partial charge in [-0.15, -0.1) is 0 Å². The SMILES string of the molecule is C=CCOC(=O)CCCCC(C)C(=O)OCOC(=O)OC(C)C. The Morgan fingerprint density at radius 2 is 1.74 bits per heavy atom. The number of unbranched alkanes of at least 4 members (excludes halogenated alkanes) is 1. The second-order valence-electron chi connectivity index (χ2n) is 5.26. The van der Waals surface area contributed by atoms with Crippen LogP contribution in [-0.2, 0) is 28.5 Å². The van der Waals surface area contributed by atoms with Crippen molar-refractivity contribution in [2.75, 3.05) is 13.4 Å². The molecular weight excluding hydrogens is 304 g/mol. The van der Waals surface area contributed by atoms with Gasteiger partial charge < -0.3 is 18.9 Å². The van der Waals surface area contributed by atoms with Gasteiger partial charge in [-0.2, -0.15) is 0 Å². The van der Waals surface area contributed by atoms with Gasteiger partial charge in [-0.25, -0.2) is 4.79 Å². The summed E-state index contributed by atoms with van der Waals surface area (Å²) in [5, 5.41) is 0. The highest BCUT2D eigenvalue weighted by atomic mass is 16.8. The number of hydrogen-bond donors (Lipinski definition) is 0. The van der Waals surface area contributed by atoms with Gasteiger partial charge in [0.15, 0.2) is 0 Å². The topological polar surface area (TPSA) is 88.1 Å². The second kappa shape index (κ2) is 12.5. The molecule has 0 saturated heterocycles. The lowest BCUT2D eigenvalue weighted by atomic mass is 10.0. The summed E-state index contributed by atoms with van der Waals surface area (Å²) in [6, 6.07) is 0. The minimum Gasteiger partial charge on any atom is -0.461 e. The number of carbonyl (C=O) groups excluding carboxylic acids is 3. The van der Waals surface area contributed by atoms with E-state index >= 15 is 0 Å². The van der Waals surface area contributed by atoms with Crippen LogP contribution in [0.4, 0.5) is 4.79 Å². The molecule has 132 valence electrons. The van der Waals surface area contributed by atoms with Crippen molar-refractivity contribution < 1.29 is 33.3 Å². The van der Waals surface area contributed by atoms with E-state index in [1.165, 1.54) is 6.08 Å². The quantitative estimate of drug-likeness (QED) is 0.189. The van der Waals surface area contributed by atoms with E-state index in [2.05, 4.69) is 11.3 Å². The molecule has 0 bridgehead atoms. The van der Waals surface area contributed by atoms with Crippen LogP contribution >= 0.6 is 0 Å². The van der Waals surface area contributed by atoms with Crippen LogP contribution in [0.3, 0.4) is 0 Å². The van der Waals surface area contributed by atoms with E-state index in [4.69, 9.17) is 14.2 Å². The maximum atomic E-state index is 11.7. The summed E-state index contributed by atoms with van der Waals surface area (Å²) in [7, 11) is 0. The highest BCUT2D eigenvalue weighted by molar-refractivity contribution is 5.72. The third-order valence-corrected chi connectivity index (χ3v) is 2.74. The molecule has 0 fully saturated rings. The third kappa shape index (κ3) is 12.2. The van der Waals surface area contributed by atoms with Crippen LogP contribution in [0, 0.1) is 5.92 Å². The Balaban J connectivity index is 3.72. The molecule has 0 amide bonds. The Kier molecular flexibility index (Phi) is 11.4. The maximum absolute atomic E-state index is 11.7. The van der Waals surface area contributed by atoms with Gasteiger partial charge in [-0.05, 0) is 26.7 Å². The van der Waals surface area contributed by atoms with Crippen molar-refractivity contribution in [2.45, 2.75) is 52.6 Å². The summed E-state index contributed by atoms with van der Waals surface area (Å²) < 4.78 is 19.0. The van der Waals surface area contributed by atoms with E-state index in [0.717, 1.165) is 0 Å². The van der Waals surface area contributed by atoms with Crippen molar-refractivity contribution in [1.29, 1.82) is 0 Å². The molecule has 7 nitrogen and oxygen atoms in total. The smallest absolute Gasteiger partial charge is 0.461 e. The number of hydrogen-bond acceptors (Lipinski definition) is 7. The monoisotopic (exact) mass is 330 g/mol. The van der Waals surface area contributed by atoms with Gasteiger partial charge in [-0.1, -0.05) is 26.0 Å². The molecule has 0 radical (unpaired) electrons. The van der Waals surface area contributed by atoms with Gasteiger partial charge in [-0.3, -0.25) is 9.59 Å². The van der Waals surface area contributed by atoms with Crippen molar-refractivity contribution in [3.05, 3.63) is 12.7 Å². The second-order valence-corrected chi connectivity index (χ2v) is 5.26. The molecule has 0 aliphatic heterocycles. The number of esters is 2. The van der Waals surface area contributed by atoms with Gasteiger partial charge in [0.2, 0.25) is 6.79 Å². The number of carbonyl (C=O) groups is 3. The normalized spacial score (nSPS) is 11.5. The largest absolute Gasteiger partial charge is 0.511 e. The summed E-state index contributed by atoms with van der Waals surface area (Å²) in [6.45, 7) is 8.27. The molecule has 0 N–H and O–H groups in total. The zero-order chi connectivity index (χ0) is 17.7. The van der Waals surface area contributed by atoms with E-state index in [9.17, 15) is 14.4 Å². The lowest BCUT2D eigenvalue weighted by molar-refractivity contribution is -0.158. The standard InChI is InChI=1S/C16H26O7/c1-5-10-20-14(17)9-7-6-8-13(4)15(18)21-11-22-16(19)23-12(2)3/h5,12-13H,1,6-11H2,2-4H3. The molecule has 0 aliphatic carbocycles. The molecule has 0 rings (SSSR count). The molecule has 0 aromatic carbocycles. The first-order valence-corrected chi connectivity index (χ1v) is 7.63. The van der Waals surface area contributed by atoms with Gasteiger partial charge >= 0.3 is 18.1 Å². The molecule has 0 heterocycles. The van der Waals surface area contributed by atoms with Gasteiger partial charge in [0, 0.05) is 6.42 Å². The fourth-order valence-corrected chi connectivity index (χ4v) is 1.57. The Labute approximate surface area is 136 Å². The van der Waals surface area contributed by atoms with Crippen molar-refractivity contribution in [3.8, 4) is 0 Å². The summed E-state index contributed by atoms with van der Waals surface area (Å²) in [4.78, 5) is 34.0. The summed E-state index contributed by atoms with van der Waals surface area (Å²) in [5.74, 6) is -1.09. The van der Waals surface area contributed by atoms with Crippen molar-refractivity contribution in [3.63, 3.8) is 0 Å². The first-order chi connectivity index (χ1) is 10.9. The van der Waals surface area contributed by atoms with Crippen LogP contribution in [0.1, 0.15) is 46.5 Å². The summed E-state index contributed by atoms with van der Waals surface area (Å²) >= 11 is 0. The predicted molar refractivity (Wildman–Crippen MR) is 82.4 cm³/mol. The molecule has 1 unspecified atom stereocenters. The van der Waals surface area contributed by atoms with E-state index in [0.29, 0.717) is 25.7 Å². The highest BCUT2D eigenvalue weighted by Gasteiger charge is 2.15. The van der Waals surface area contributed by atoms with Crippen molar-refractivity contribution in [2.24, 2.45) is 5.92 Å². The Bertz CT molecular complexity index is 390. The minimum absolute atomic E-state index is 0.209. The first-order valence-electron chi connectivity index (χ1n) is 7.63. The average Bonchev–Trinajstić information content (AvgIpc) is 2.48. The van der Waals surface area contributed by atoms with Crippen LogP contribution < -0.4 is 0 Å². The fourth-order valence-electron chi connectivity index (χ4n) is 1.57. The zero-order valence-corrected chi connectivity index (χ0v) is 14.0. The summed E-state index contributed by atoms with van der Waals surface area (Å²) in [6.07, 6.45) is 2.54.